The summed E-state index contributed by atoms with van der Waals surface area (Å²) in [7, 11) is 3.59. The summed E-state index contributed by atoms with van der Waals surface area (Å²) in [6, 6.07) is 5.62. The van der Waals surface area contributed by atoms with Crippen LogP contribution in [0, 0.1) is 0 Å². The molecular weight excluding hydrogens is 304 g/mol. The number of fused-ring (bicyclic) bond motifs is 1. The quantitative estimate of drug-likeness (QED) is 0.754. The molecule has 0 spiro atoms. The van der Waals surface area contributed by atoms with Gasteiger partial charge in [-0.3, -0.25) is 14.2 Å². The monoisotopic (exact) mass is 326 g/mol. The van der Waals surface area contributed by atoms with Crippen LogP contribution >= 0.6 is 0 Å². The van der Waals surface area contributed by atoms with Gasteiger partial charge in [0.1, 0.15) is 6.04 Å². The van der Waals surface area contributed by atoms with Gasteiger partial charge in [0.25, 0.3) is 0 Å². The Morgan fingerprint density at radius 3 is 2.62 bits per heavy atom. The van der Waals surface area contributed by atoms with E-state index < -0.39 is 6.04 Å². The van der Waals surface area contributed by atoms with Gasteiger partial charge >= 0.3 is 0 Å². The Bertz CT molecular complexity index is 863. The van der Waals surface area contributed by atoms with Crippen LogP contribution < -0.4 is 10.6 Å². The largest absolute Gasteiger partial charge is 0.324 e. The maximum absolute atomic E-state index is 12.6. The van der Waals surface area contributed by atoms with E-state index in [1.54, 1.807) is 17.9 Å². The van der Waals surface area contributed by atoms with E-state index in [-0.39, 0.29) is 11.9 Å². The summed E-state index contributed by atoms with van der Waals surface area (Å²) >= 11 is 0. The van der Waals surface area contributed by atoms with Crippen molar-refractivity contribution in [2.75, 3.05) is 12.4 Å². The van der Waals surface area contributed by atoms with Crippen molar-refractivity contribution < 1.29 is 4.79 Å². The van der Waals surface area contributed by atoms with Crippen LogP contribution in [0.4, 0.5) is 5.69 Å². The van der Waals surface area contributed by atoms with Gasteiger partial charge in [0.15, 0.2) is 0 Å². The summed E-state index contributed by atoms with van der Waals surface area (Å²) in [6.07, 6.45) is 5.36. The second-order valence-electron chi connectivity index (χ2n) is 6.11. The molecule has 0 saturated carbocycles. The van der Waals surface area contributed by atoms with Gasteiger partial charge in [-0.15, -0.1) is 0 Å². The number of carbonyl (C=O) groups excluding carboxylic acids is 1. The topological polar surface area (TPSA) is 76.8 Å². The third kappa shape index (κ3) is 3.03. The number of benzene rings is 1. The molecule has 1 unspecified atom stereocenters. The van der Waals surface area contributed by atoms with Crippen LogP contribution in [-0.2, 0) is 11.8 Å². The van der Waals surface area contributed by atoms with Crippen molar-refractivity contribution >= 4 is 22.5 Å². The summed E-state index contributed by atoms with van der Waals surface area (Å²) in [5.41, 5.74) is 2.58. The molecule has 1 amide bonds. The van der Waals surface area contributed by atoms with Gasteiger partial charge < -0.3 is 10.6 Å². The van der Waals surface area contributed by atoms with Gasteiger partial charge in [-0.25, -0.2) is 0 Å². The molecule has 0 aliphatic rings. The van der Waals surface area contributed by atoms with Crippen LogP contribution in [0.3, 0.4) is 0 Å². The molecule has 0 saturated heterocycles. The lowest BCUT2D eigenvalue weighted by molar-refractivity contribution is -0.118. The number of likely N-dealkylation sites (N-methyl/N-ethyl adjacent to an activating group) is 1. The van der Waals surface area contributed by atoms with Gasteiger partial charge in [0, 0.05) is 35.9 Å². The standard InChI is InChI=1S/C17H22N6O/c1-11(2)23-15-7-14(6-5-12(15)8-20-23)21-17(24)16(18-3)13-9-19-22(4)10-13/h5-11,16,18H,1-4H3,(H,21,24). The minimum atomic E-state index is -0.454. The SMILES string of the molecule is CNC(C(=O)Nc1ccc2cnn(C(C)C)c2c1)c1cnn(C)c1. The molecule has 1 atom stereocenters. The molecule has 7 nitrogen and oxygen atoms in total. The average molecular weight is 326 g/mol. The number of hydrogen-bond acceptors (Lipinski definition) is 4. The highest BCUT2D eigenvalue weighted by Crippen LogP contribution is 2.23. The lowest BCUT2D eigenvalue weighted by Gasteiger charge is -2.15. The Morgan fingerprint density at radius 2 is 2.00 bits per heavy atom. The second-order valence-corrected chi connectivity index (χ2v) is 6.11. The fourth-order valence-corrected chi connectivity index (χ4v) is 2.78. The fourth-order valence-electron chi connectivity index (χ4n) is 2.78. The van der Waals surface area contributed by atoms with E-state index in [1.165, 1.54) is 0 Å². The van der Waals surface area contributed by atoms with E-state index in [4.69, 9.17) is 0 Å². The Balaban J connectivity index is 1.85. The summed E-state index contributed by atoms with van der Waals surface area (Å²) in [6.45, 7) is 4.16. The predicted octanol–water partition coefficient (Wildman–Crippen LogP) is 2.25. The van der Waals surface area contributed by atoms with Crippen molar-refractivity contribution in [1.29, 1.82) is 0 Å². The zero-order valence-electron chi connectivity index (χ0n) is 14.3. The number of amides is 1. The number of aryl methyl sites for hydroxylation is 1. The van der Waals surface area contributed by atoms with Crippen LogP contribution in [0.25, 0.3) is 10.9 Å². The molecule has 0 fully saturated rings. The minimum absolute atomic E-state index is 0.125. The molecule has 126 valence electrons. The minimum Gasteiger partial charge on any atom is -0.324 e. The molecule has 3 aromatic rings. The summed E-state index contributed by atoms with van der Waals surface area (Å²) in [5, 5.41) is 15.6. The average Bonchev–Trinajstić information content (AvgIpc) is 3.14. The molecule has 0 aliphatic carbocycles. The summed E-state index contributed by atoms with van der Waals surface area (Å²) in [4.78, 5) is 12.6. The Labute approximate surface area is 140 Å². The van der Waals surface area contributed by atoms with E-state index in [0.717, 1.165) is 22.2 Å². The third-order valence-corrected chi connectivity index (χ3v) is 3.96. The molecule has 3 rings (SSSR count). The van der Waals surface area contributed by atoms with Crippen LogP contribution in [0.1, 0.15) is 31.5 Å². The van der Waals surface area contributed by atoms with Crippen molar-refractivity contribution in [2.45, 2.75) is 25.9 Å². The molecule has 1 aromatic carbocycles. The molecule has 24 heavy (non-hydrogen) atoms. The van der Waals surface area contributed by atoms with Gasteiger partial charge in [-0.05, 0) is 39.1 Å². The molecule has 7 heteroatoms. The van der Waals surface area contributed by atoms with Crippen LogP contribution in [0.15, 0.2) is 36.8 Å². The number of anilines is 1. The number of hydrogen-bond donors (Lipinski definition) is 2. The maximum Gasteiger partial charge on any atom is 0.246 e. The number of rotatable bonds is 5. The molecular formula is C17H22N6O. The first-order valence-corrected chi connectivity index (χ1v) is 7.93. The summed E-state index contributed by atoms with van der Waals surface area (Å²) < 4.78 is 3.63. The van der Waals surface area contributed by atoms with E-state index in [9.17, 15) is 4.79 Å². The van der Waals surface area contributed by atoms with Crippen LogP contribution in [0.2, 0.25) is 0 Å². The predicted molar refractivity (Wildman–Crippen MR) is 93.8 cm³/mol. The maximum atomic E-state index is 12.6. The summed E-state index contributed by atoms with van der Waals surface area (Å²) in [5.74, 6) is -0.125. The van der Waals surface area contributed by atoms with Crippen molar-refractivity contribution in [1.82, 2.24) is 24.9 Å². The smallest absolute Gasteiger partial charge is 0.246 e. The Morgan fingerprint density at radius 1 is 1.21 bits per heavy atom. The highest BCUT2D eigenvalue weighted by Gasteiger charge is 2.20. The van der Waals surface area contributed by atoms with E-state index in [2.05, 4.69) is 34.7 Å². The van der Waals surface area contributed by atoms with Crippen LogP contribution in [0.5, 0.6) is 0 Å². The molecule has 2 heterocycles. The van der Waals surface area contributed by atoms with Crippen molar-refractivity contribution in [3.05, 3.63) is 42.4 Å². The normalized spacial score (nSPS) is 12.7. The fraction of sp³-hybridized carbons (Fsp3) is 0.353. The highest BCUT2D eigenvalue weighted by atomic mass is 16.2. The van der Waals surface area contributed by atoms with Crippen LogP contribution in [-0.4, -0.2) is 32.5 Å². The van der Waals surface area contributed by atoms with E-state index in [1.807, 2.05) is 42.3 Å². The highest BCUT2D eigenvalue weighted by molar-refractivity contribution is 5.97. The Hall–Kier alpha value is -2.67. The number of nitrogens with zero attached hydrogens (tertiary/aromatic N) is 4. The zero-order valence-corrected chi connectivity index (χ0v) is 14.3. The molecule has 2 aromatic heterocycles. The first-order chi connectivity index (χ1) is 11.5. The molecule has 0 aliphatic heterocycles. The Kier molecular flexibility index (Phi) is 4.35. The first kappa shape index (κ1) is 16.2. The second kappa shape index (κ2) is 6.45. The first-order valence-electron chi connectivity index (χ1n) is 7.93. The van der Waals surface area contributed by atoms with Gasteiger partial charge in [0.2, 0.25) is 5.91 Å². The van der Waals surface area contributed by atoms with Crippen molar-refractivity contribution in [3.8, 4) is 0 Å². The van der Waals surface area contributed by atoms with Crippen molar-refractivity contribution in [2.24, 2.45) is 7.05 Å². The van der Waals surface area contributed by atoms with Gasteiger partial charge in [0.05, 0.1) is 17.9 Å². The molecule has 0 radical (unpaired) electrons. The number of nitrogens with one attached hydrogen (secondary N) is 2. The van der Waals surface area contributed by atoms with E-state index in [0.29, 0.717) is 0 Å². The zero-order chi connectivity index (χ0) is 17.3. The third-order valence-electron chi connectivity index (χ3n) is 3.96. The molecule has 0 bridgehead atoms. The van der Waals surface area contributed by atoms with Gasteiger partial charge in [-0.1, -0.05) is 0 Å². The number of aromatic nitrogens is 4. The lowest BCUT2D eigenvalue weighted by atomic mass is 10.1. The van der Waals surface area contributed by atoms with E-state index >= 15 is 0 Å². The lowest BCUT2D eigenvalue weighted by Crippen LogP contribution is -2.30. The van der Waals surface area contributed by atoms with Gasteiger partial charge in [-0.2, -0.15) is 10.2 Å². The van der Waals surface area contributed by atoms with Crippen molar-refractivity contribution in [3.63, 3.8) is 0 Å². The molecule has 2 N–H and O–H groups in total. The number of carbonyl (C=O) groups is 1.